The second-order valence-electron chi connectivity index (χ2n) is 6.42. The van der Waals surface area contributed by atoms with Crippen LogP contribution in [0.25, 0.3) is 0 Å². The fourth-order valence-corrected chi connectivity index (χ4v) is 3.53. The molecule has 2 aromatic rings. The minimum atomic E-state index is -0.337. The molecule has 1 fully saturated rings. The summed E-state index contributed by atoms with van der Waals surface area (Å²) in [7, 11) is 0. The molecule has 0 spiro atoms. The molecule has 1 N–H and O–H groups in total. The Labute approximate surface area is 137 Å². The maximum atomic E-state index is 10.2. The number of rotatable bonds is 4. The Morgan fingerprint density at radius 1 is 1.13 bits per heavy atom. The van der Waals surface area contributed by atoms with Crippen molar-refractivity contribution >= 4 is 0 Å². The molecule has 3 heteroatoms. The van der Waals surface area contributed by atoms with Gasteiger partial charge in [0.2, 0.25) is 0 Å². The highest BCUT2D eigenvalue weighted by molar-refractivity contribution is 5.34. The van der Waals surface area contributed by atoms with Crippen molar-refractivity contribution in [1.29, 1.82) is 5.26 Å². The van der Waals surface area contributed by atoms with Crippen molar-refractivity contribution in [1.82, 2.24) is 4.90 Å². The van der Waals surface area contributed by atoms with E-state index < -0.39 is 0 Å². The SMILES string of the molecule is C[C@@H](O)[C@@H]1CN(Cc2ccccc2)C[C@@H]1c1ccc(C#N)cc1. The first-order valence-corrected chi connectivity index (χ1v) is 8.12. The van der Waals surface area contributed by atoms with Crippen molar-refractivity contribution in [2.24, 2.45) is 5.92 Å². The van der Waals surface area contributed by atoms with Gasteiger partial charge in [0.05, 0.1) is 17.7 Å². The van der Waals surface area contributed by atoms with Gasteiger partial charge in [0.1, 0.15) is 0 Å². The van der Waals surface area contributed by atoms with Crippen LogP contribution < -0.4 is 0 Å². The van der Waals surface area contributed by atoms with Crippen LogP contribution in [-0.4, -0.2) is 29.2 Å². The van der Waals surface area contributed by atoms with Crippen LogP contribution in [0.2, 0.25) is 0 Å². The summed E-state index contributed by atoms with van der Waals surface area (Å²) >= 11 is 0. The Kier molecular flexibility index (Phi) is 4.76. The third-order valence-electron chi connectivity index (χ3n) is 4.78. The number of hydrogen-bond acceptors (Lipinski definition) is 3. The number of aliphatic hydroxyl groups is 1. The second kappa shape index (κ2) is 6.95. The summed E-state index contributed by atoms with van der Waals surface area (Å²) in [4.78, 5) is 2.41. The van der Waals surface area contributed by atoms with Gasteiger partial charge in [-0.25, -0.2) is 0 Å². The first-order chi connectivity index (χ1) is 11.2. The average Bonchev–Trinajstić information content (AvgIpc) is 3.00. The highest BCUT2D eigenvalue weighted by Gasteiger charge is 2.36. The molecule has 1 saturated heterocycles. The van der Waals surface area contributed by atoms with Gasteiger partial charge in [-0.2, -0.15) is 5.26 Å². The average molecular weight is 306 g/mol. The summed E-state index contributed by atoms with van der Waals surface area (Å²) in [5.74, 6) is 0.540. The molecule has 1 heterocycles. The molecule has 0 aromatic heterocycles. The van der Waals surface area contributed by atoms with E-state index in [1.807, 2.05) is 37.3 Å². The van der Waals surface area contributed by atoms with Crippen LogP contribution in [-0.2, 0) is 6.54 Å². The van der Waals surface area contributed by atoms with Gasteiger partial charge in [0, 0.05) is 31.5 Å². The molecule has 3 nitrogen and oxygen atoms in total. The van der Waals surface area contributed by atoms with E-state index in [1.165, 1.54) is 11.1 Å². The lowest BCUT2D eigenvalue weighted by Crippen LogP contribution is -2.25. The molecule has 3 atom stereocenters. The summed E-state index contributed by atoms with van der Waals surface area (Å²) in [5, 5.41) is 19.1. The van der Waals surface area contributed by atoms with E-state index in [9.17, 15) is 5.11 Å². The first kappa shape index (κ1) is 15.7. The molecular formula is C20H22N2O. The van der Waals surface area contributed by atoms with E-state index in [2.05, 4.69) is 35.2 Å². The van der Waals surface area contributed by atoms with Gasteiger partial charge in [0.25, 0.3) is 0 Å². The minimum Gasteiger partial charge on any atom is -0.393 e. The summed E-state index contributed by atoms with van der Waals surface area (Å²) in [6.45, 7) is 4.64. The van der Waals surface area contributed by atoms with Crippen LogP contribution >= 0.6 is 0 Å². The molecule has 0 aliphatic carbocycles. The molecule has 118 valence electrons. The van der Waals surface area contributed by atoms with Crippen molar-refractivity contribution in [3.63, 3.8) is 0 Å². The van der Waals surface area contributed by atoms with Crippen LogP contribution in [0.5, 0.6) is 0 Å². The summed E-state index contributed by atoms with van der Waals surface area (Å²) in [6, 6.07) is 20.4. The molecule has 0 unspecified atom stereocenters. The zero-order chi connectivity index (χ0) is 16.2. The van der Waals surface area contributed by atoms with Crippen LogP contribution in [0.15, 0.2) is 54.6 Å². The second-order valence-corrected chi connectivity index (χ2v) is 6.42. The molecular weight excluding hydrogens is 284 g/mol. The van der Waals surface area contributed by atoms with Crippen LogP contribution in [0.3, 0.4) is 0 Å². The maximum Gasteiger partial charge on any atom is 0.0991 e. The summed E-state index contributed by atoms with van der Waals surface area (Å²) in [5.41, 5.74) is 3.20. The highest BCUT2D eigenvalue weighted by Crippen LogP contribution is 2.35. The zero-order valence-corrected chi connectivity index (χ0v) is 13.4. The third kappa shape index (κ3) is 3.61. The number of hydrogen-bond donors (Lipinski definition) is 1. The fraction of sp³-hybridized carbons (Fsp3) is 0.350. The van der Waals surface area contributed by atoms with Gasteiger partial charge >= 0.3 is 0 Å². The predicted molar refractivity (Wildman–Crippen MR) is 90.8 cm³/mol. The van der Waals surface area contributed by atoms with Crippen LogP contribution in [0.4, 0.5) is 0 Å². The lowest BCUT2D eigenvalue weighted by molar-refractivity contribution is 0.120. The van der Waals surface area contributed by atoms with Gasteiger partial charge in [0.15, 0.2) is 0 Å². The Bertz CT molecular complexity index is 673. The van der Waals surface area contributed by atoms with Crippen molar-refractivity contribution in [2.75, 3.05) is 13.1 Å². The largest absolute Gasteiger partial charge is 0.393 e. The number of nitriles is 1. The summed E-state index contributed by atoms with van der Waals surface area (Å²) < 4.78 is 0. The number of aliphatic hydroxyl groups excluding tert-OH is 1. The topological polar surface area (TPSA) is 47.3 Å². The fourth-order valence-electron chi connectivity index (χ4n) is 3.53. The number of likely N-dealkylation sites (tertiary alicyclic amines) is 1. The van der Waals surface area contributed by atoms with Gasteiger partial charge in [-0.3, -0.25) is 4.90 Å². The van der Waals surface area contributed by atoms with Crippen LogP contribution in [0, 0.1) is 17.2 Å². The molecule has 0 bridgehead atoms. The molecule has 1 aliphatic heterocycles. The van der Waals surface area contributed by atoms with E-state index in [0.717, 1.165) is 19.6 Å². The van der Waals surface area contributed by atoms with Crippen molar-refractivity contribution in [2.45, 2.75) is 25.5 Å². The van der Waals surface area contributed by atoms with Crippen molar-refractivity contribution in [3.8, 4) is 6.07 Å². The Balaban J connectivity index is 1.77. The van der Waals surface area contributed by atoms with Gasteiger partial charge in [-0.1, -0.05) is 42.5 Å². The van der Waals surface area contributed by atoms with Gasteiger partial charge in [-0.05, 0) is 30.2 Å². The molecule has 1 aliphatic rings. The third-order valence-corrected chi connectivity index (χ3v) is 4.78. The van der Waals surface area contributed by atoms with Crippen molar-refractivity contribution in [3.05, 3.63) is 71.3 Å². The molecule has 23 heavy (non-hydrogen) atoms. The lowest BCUT2D eigenvalue weighted by Gasteiger charge is -2.21. The van der Waals surface area contributed by atoms with Gasteiger partial charge < -0.3 is 5.11 Å². The van der Waals surface area contributed by atoms with E-state index in [-0.39, 0.29) is 12.0 Å². The zero-order valence-electron chi connectivity index (χ0n) is 13.4. The van der Waals surface area contributed by atoms with Crippen LogP contribution in [0.1, 0.15) is 29.5 Å². The molecule has 0 saturated carbocycles. The van der Waals surface area contributed by atoms with E-state index >= 15 is 0 Å². The smallest absolute Gasteiger partial charge is 0.0991 e. The lowest BCUT2D eigenvalue weighted by atomic mass is 9.85. The monoisotopic (exact) mass is 306 g/mol. The van der Waals surface area contributed by atoms with E-state index in [0.29, 0.717) is 11.5 Å². The number of benzene rings is 2. The van der Waals surface area contributed by atoms with Crippen molar-refractivity contribution < 1.29 is 5.11 Å². The normalized spacial score (nSPS) is 22.7. The highest BCUT2D eigenvalue weighted by atomic mass is 16.3. The molecule has 3 rings (SSSR count). The predicted octanol–water partition coefficient (Wildman–Crippen LogP) is 3.15. The minimum absolute atomic E-state index is 0.228. The Hall–Kier alpha value is -2.15. The Morgan fingerprint density at radius 3 is 2.43 bits per heavy atom. The quantitative estimate of drug-likeness (QED) is 0.944. The maximum absolute atomic E-state index is 10.2. The molecule has 0 radical (unpaired) electrons. The number of nitrogens with zero attached hydrogens (tertiary/aromatic N) is 2. The summed E-state index contributed by atoms with van der Waals surface area (Å²) in [6.07, 6.45) is -0.337. The standard InChI is InChI=1S/C20H22N2O/c1-15(23)19-13-22(12-17-5-3-2-4-6-17)14-20(19)18-9-7-16(11-21)8-10-18/h2-10,15,19-20,23H,12-14H2,1H3/t15-,19+,20-/m1/s1. The molecule has 2 aromatic carbocycles. The Morgan fingerprint density at radius 2 is 1.83 bits per heavy atom. The molecule has 0 amide bonds. The first-order valence-electron chi connectivity index (χ1n) is 8.12. The van der Waals surface area contributed by atoms with E-state index in [4.69, 9.17) is 5.26 Å². The van der Waals surface area contributed by atoms with E-state index in [1.54, 1.807) is 0 Å². The van der Waals surface area contributed by atoms with Gasteiger partial charge in [-0.15, -0.1) is 0 Å².